The van der Waals surface area contributed by atoms with E-state index in [0.29, 0.717) is 6.04 Å². The molecule has 1 fully saturated rings. The first kappa shape index (κ1) is 17.3. The van der Waals surface area contributed by atoms with Crippen LogP contribution in [0.25, 0.3) is 11.1 Å². The Morgan fingerprint density at radius 3 is 2.54 bits per heavy atom. The Morgan fingerprint density at radius 2 is 1.81 bits per heavy atom. The molecule has 4 heteroatoms. The molecule has 4 rings (SSSR count). The summed E-state index contributed by atoms with van der Waals surface area (Å²) >= 11 is 6.11. The van der Waals surface area contributed by atoms with Crippen LogP contribution in [0.2, 0.25) is 5.02 Å². The predicted molar refractivity (Wildman–Crippen MR) is 107 cm³/mol. The summed E-state index contributed by atoms with van der Waals surface area (Å²) in [4.78, 5) is 2.51. The first-order valence-corrected chi connectivity index (χ1v) is 9.65. The van der Waals surface area contributed by atoms with Gasteiger partial charge in [-0.25, -0.2) is 0 Å². The minimum atomic E-state index is 0.489. The van der Waals surface area contributed by atoms with E-state index >= 15 is 0 Å². The van der Waals surface area contributed by atoms with E-state index in [-0.39, 0.29) is 0 Å². The highest BCUT2D eigenvalue weighted by Gasteiger charge is 2.23. The summed E-state index contributed by atoms with van der Waals surface area (Å²) in [5.41, 5.74) is 5.05. The fourth-order valence-electron chi connectivity index (χ4n) is 3.91. The van der Waals surface area contributed by atoms with Crippen molar-refractivity contribution < 1.29 is 0 Å². The average molecular weight is 366 g/mol. The van der Waals surface area contributed by atoms with Crippen LogP contribution in [0.5, 0.6) is 0 Å². The minimum Gasteiger partial charge on any atom is -0.299 e. The number of hydrogen-bond donors (Lipinski definition) is 0. The summed E-state index contributed by atoms with van der Waals surface area (Å²) in [5, 5.41) is 5.53. The van der Waals surface area contributed by atoms with Gasteiger partial charge in [-0.05, 0) is 43.0 Å². The van der Waals surface area contributed by atoms with Crippen LogP contribution >= 0.6 is 11.6 Å². The van der Waals surface area contributed by atoms with Crippen molar-refractivity contribution in [3.8, 4) is 11.1 Å². The SMILES string of the molecule is Cc1c(-c2ccccc2)cnn1C1CCN(Cc2cccc(Cl)c2)CC1. The summed E-state index contributed by atoms with van der Waals surface area (Å²) in [6.07, 6.45) is 4.29. The molecule has 0 bridgehead atoms. The number of benzene rings is 2. The Morgan fingerprint density at radius 1 is 1.04 bits per heavy atom. The van der Waals surface area contributed by atoms with E-state index < -0.39 is 0 Å². The second-order valence-electron chi connectivity index (χ2n) is 7.09. The molecule has 2 aromatic carbocycles. The van der Waals surface area contributed by atoms with E-state index in [1.54, 1.807) is 0 Å². The average Bonchev–Trinajstić information content (AvgIpc) is 3.05. The van der Waals surface area contributed by atoms with Crippen molar-refractivity contribution in [1.29, 1.82) is 0 Å². The maximum absolute atomic E-state index is 6.11. The Bertz CT molecular complexity index is 864. The van der Waals surface area contributed by atoms with Gasteiger partial charge in [0.05, 0.1) is 12.2 Å². The van der Waals surface area contributed by atoms with Crippen molar-refractivity contribution in [3.05, 3.63) is 77.1 Å². The van der Waals surface area contributed by atoms with Gasteiger partial charge in [0.15, 0.2) is 0 Å². The van der Waals surface area contributed by atoms with Crippen molar-refractivity contribution in [3.63, 3.8) is 0 Å². The molecule has 134 valence electrons. The maximum atomic E-state index is 6.11. The van der Waals surface area contributed by atoms with Gasteiger partial charge in [-0.3, -0.25) is 9.58 Å². The third-order valence-corrected chi connectivity index (χ3v) is 5.56. The lowest BCUT2D eigenvalue weighted by Gasteiger charge is -2.32. The predicted octanol–water partition coefficient (Wildman–Crippen LogP) is 5.35. The van der Waals surface area contributed by atoms with E-state index in [1.807, 2.05) is 18.3 Å². The highest BCUT2D eigenvalue weighted by molar-refractivity contribution is 6.30. The molecule has 0 radical (unpaired) electrons. The number of hydrogen-bond acceptors (Lipinski definition) is 2. The standard InChI is InChI=1S/C22H24ClN3/c1-17-22(19-7-3-2-4-8-19)15-24-26(17)21-10-12-25(13-11-21)16-18-6-5-9-20(23)14-18/h2-9,14-15,21H,10-13,16H2,1H3. The summed E-state index contributed by atoms with van der Waals surface area (Å²) in [5.74, 6) is 0. The van der Waals surface area contributed by atoms with Crippen LogP contribution in [0, 0.1) is 6.92 Å². The van der Waals surface area contributed by atoms with Gasteiger partial charge >= 0.3 is 0 Å². The van der Waals surface area contributed by atoms with Crippen LogP contribution in [0.15, 0.2) is 60.8 Å². The Balaban J connectivity index is 1.41. The minimum absolute atomic E-state index is 0.489. The van der Waals surface area contributed by atoms with Crippen molar-refractivity contribution in [1.82, 2.24) is 14.7 Å². The molecule has 0 spiro atoms. The lowest BCUT2D eigenvalue weighted by molar-refractivity contribution is 0.172. The molecule has 1 aliphatic rings. The quantitative estimate of drug-likeness (QED) is 0.621. The summed E-state index contributed by atoms with van der Waals surface area (Å²) in [6.45, 7) is 5.35. The molecule has 0 atom stereocenters. The van der Waals surface area contributed by atoms with Crippen LogP contribution in [0.1, 0.15) is 30.1 Å². The molecule has 0 N–H and O–H groups in total. The Kier molecular flexibility index (Phi) is 5.09. The fraction of sp³-hybridized carbons (Fsp3) is 0.318. The molecule has 1 aliphatic heterocycles. The lowest BCUT2D eigenvalue weighted by Crippen LogP contribution is -2.34. The van der Waals surface area contributed by atoms with Gasteiger partial charge in [0.25, 0.3) is 0 Å². The monoisotopic (exact) mass is 365 g/mol. The molecule has 1 saturated heterocycles. The molecule has 0 aliphatic carbocycles. The maximum Gasteiger partial charge on any atom is 0.0571 e. The van der Waals surface area contributed by atoms with Gasteiger partial charge in [-0.2, -0.15) is 5.10 Å². The molecule has 3 nitrogen and oxygen atoms in total. The van der Waals surface area contributed by atoms with Crippen molar-refractivity contribution in [2.24, 2.45) is 0 Å². The molecule has 0 amide bonds. The van der Waals surface area contributed by atoms with Gasteiger partial charge in [0.2, 0.25) is 0 Å². The smallest absolute Gasteiger partial charge is 0.0571 e. The zero-order chi connectivity index (χ0) is 17.9. The van der Waals surface area contributed by atoms with Crippen LogP contribution in [-0.4, -0.2) is 27.8 Å². The molecule has 2 heterocycles. The van der Waals surface area contributed by atoms with E-state index in [9.17, 15) is 0 Å². The number of likely N-dealkylation sites (tertiary alicyclic amines) is 1. The van der Waals surface area contributed by atoms with Gasteiger partial charge in [-0.1, -0.05) is 54.1 Å². The largest absolute Gasteiger partial charge is 0.299 e. The van der Waals surface area contributed by atoms with Crippen LogP contribution < -0.4 is 0 Å². The molecular formula is C22H24ClN3. The Labute approximate surface area is 160 Å². The second-order valence-corrected chi connectivity index (χ2v) is 7.53. The van der Waals surface area contributed by atoms with Crippen LogP contribution in [0.3, 0.4) is 0 Å². The van der Waals surface area contributed by atoms with Crippen molar-refractivity contribution in [2.75, 3.05) is 13.1 Å². The fourth-order valence-corrected chi connectivity index (χ4v) is 4.12. The van der Waals surface area contributed by atoms with E-state index in [1.165, 1.54) is 22.4 Å². The third-order valence-electron chi connectivity index (χ3n) is 5.33. The first-order valence-electron chi connectivity index (χ1n) is 9.27. The van der Waals surface area contributed by atoms with Gasteiger partial charge in [-0.15, -0.1) is 0 Å². The number of piperidine rings is 1. The number of rotatable bonds is 4. The van der Waals surface area contributed by atoms with E-state index in [4.69, 9.17) is 16.7 Å². The highest BCUT2D eigenvalue weighted by Crippen LogP contribution is 2.29. The zero-order valence-corrected chi connectivity index (χ0v) is 15.9. The number of nitrogens with zero attached hydrogens (tertiary/aromatic N) is 3. The topological polar surface area (TPSA) is 21.1 Å². The second kappa shape index (κ2) is 7.65. The molecule has 1 aromatic heterocycles. The lowest BCUT2D eigenvalue weighted by atomic mass is 10.0. The molecular weight excluding hydrogens is 342 g/mol. The van der Waals surface area contributed by atoms with Crippen molar-refractivity contribution in [2.45, 2.75) is 32.4 Å². The molecule has 26 heavy (non-hydrogen) atoms. The molecule has 0 unspecified atom stereocenters. The molecule has 0 saturated carbocycles. The normalized spacial score (nSPS) is 16.1. The van der Waals surface area contributed by atoms with Gasteiger partial charge < -0.3 is 0 Å². The highest BCUT2D eigenvalue weighted by atomic mass is 35.5. The number of aromatic nitrogens is 2. The first-order chi connectivity index (χ1) is 12.7. The number of halogens is 1. The van der Waals surface area contributed by atoms with E-state index in [0.717, 1.165) is 37.5 Å². The zero-order valence-electron chi connectivity index (χ0n) is 15.1. The van der Waals surface area contributed by atoms with Crippen molar-refractivity contribution >= 4 is 11.6 Å². The third kappa shape index (κ3) is 3.69. The summed E-state index contributed by atoms with van der Waals surface area (Å²) < 4.78 is 2.24. The van der Waals surface area contributed by atoms with Crippen LogP contribution in [-0.2, 0) is 6.54 Å². The summed E-state index contributed by atoms with van der Waals surface area (Å²) in [7, 11) is 0. The van der Waals surface area contributed by atoms with Gasteiger partial charge in [0.1, 0.15) is 0 Å². The van der Waals surface area contributed by atoms with Crippen LogP contribution in [0.4, 0.5) is 0 Å². The summed E-state index contributed by atoms with van der Waals surface area (Å²) in [6, 6.07) is 19.2. The van der Waals surface area contributed by atoms with Gasteiger partial charge in [0, 0.05) is 35.9 Å². The Hall–Kier alpha value is -2.10. The molecule has 3 aromatic rings. The van der Waals surface area contributed by atoms with E-state index in [2.05, 4.69) is 59.0 Å².